The van der Waals surface area contributed by atoms with Crippen LogP contribution in [0.5, 0.6) is 0 Å². The molecule has 0 saturated heterocycles. The van der Waals surface area contributed by atoms with E-state index in [0.717, 1.165) is 16.6 Å². The van der Waals surface area contributed by atoms with Gasteiger partial charge in [-0.3, -0.25) is 0 Å². The van der Waals surface area contributed by atoms with E-state index in [1.165, 1.54) is 0 Å². The van der Waals surface area contributed by atoms with Gasteiger partial charge in [-0.2, -0.15) is 0 Å². The summed E-state index contributed by atoms with van der Waals surface area (Å²) in [6.45, 7) is 2.79. The molecule has 2 heterocycles. The van der Waals surface area contributed by atoms with Crippen LogP contribution in [0.25, 0.3) is 11.0 Å². The van der Waals surface area contributed by atoms with Crippen molar-refractivity contribution in [3.8, 4) is 0 Å². The van der Waals surface area contributed by atoms with Crippen molar-refractivity contribution in [3.05, 3.63) is 30.1 Å². The fraction of sp³-hybridized carbons (Fsp3) is 0.300. The van der Waals surface area contributed by atoms with Crippen molar-refractivity contribution in [3.63, 3.8) is 0 Å². The van der Waals surface area contributed by atoms with Gasteiger partial charge in [0.15, 0.2) is 0 Å². The summed E-state index contributed by atoms with van der Waals surface area (Å²) < 4.78 is 1.95. The van der Waals surface area contributed by atoms with Crippen molar-refractivity contribution in [2.24, 2.45) is 0 Å². The van der Waals surface area contributed by atoms with Crippen molar-refractivity contribution in [2.75, 3.05) is 6.61 Å². The molecular weight excluding hydrogens is 164 g/mol. The van der Waals surface area contributed by atoms with Gasteiger partial charge in [0, 0.05) is 24.3 Å². The highest BCUT2D eigenvalue weighted by molar-refractivity contribution is 5.76. The van der Waals surface area contributed by atoms with E-state index in [2.05, 4.69) is 11.1 Å². The molecule has 3 nitrogen and oxygen atoms in total. The van der Waals surface area contributed by atoms with Crippen LogP contribution >= 0.6 is 0 Å². The zero-order valence-electron chi connectivity index (χ0n) is 7.57. The average Bonchev–Trinajstić information content (AvgIpc) is 2.49. The lowest BCUT2D eigenvalue weighted by atomic mass is 10.2. The maximum absolute atomic E-state index is 8.80. The molecule has 2 rings (SSSR count). The maximum Gasteiger partial charge on any atom is 0.139 e. The summed E-state index contributed by atoms with van der Waals surface area (Å²) in [5, 5.41) is 9.94. The fourth-order valence-electron chi connectivity index (χ4n) is 1.48. The maximum atomic E-state index is 8.80. The number of hydrogen-bond donors (Lipinski definition) is 1. The van der Waals surface area contributed by atoms with E-state index in [1.54, 1.807) is 0 Å². The van der Waals surface area contributed by atoms with Crippen LogP contribution in [0.2, 0.25) is 0 Å². The van der Waals surface area contributed by atoms with Crippen LogP contribution < -0.4 is 0 Å². The summed E-state index contributed by atoms with van der Waals surface area (Å²) in [5.41, 5.74) is 2.11. The molecule has 0 amide bonds. The molecule has 0 bridgehead atoms. The summed E-state index contributed by atoms with van der Waals surface area (Å²) in [7, 11) is 0. The molecule has 0 atom stereocenters. The molecule has 2 aromatic heterocycles. The van der Waals surface area contributed by atoms with Gasteiger partial charge in [-0.05, 0) is 24.6 Å². The van der Waals surface area contributed by atoms with Gasteiger partial charge in [0.25, 0.3) is 0 Å². The number of nitrogens with zero attached hydrogens (tertiary/aromatic N) is 2. The number of aliphatic hydroxyl groups excluding tert-OH is 1. The van der Waals surface area contributed by atoms with Crippen LogP contribution in [0.15, 0.2) is 24.5 Å². The molecule has 0 spiro atoms. The molecule has 0 aliphatic rings. The molecule has 13 heavy (non-hydrogen) atoms. The SMILES string of the molecule is Cc1cnc2c(ccn2CCO)c1. The minimum atomic E-state index is 0.152. The third kappa shape index (κ3) is 1.42. The first-order valence-electron chi connectivity index (χ1n) is 4.33. The molecule has 2 aromatic rings. The van der Waals surface area contributed by atoms with Crippen LogP contribution in [0.1, 0.15) is 5.56 Å². The third-order valence-corrected chi connectivity index (χ3v) is 2.08. The molecule has 0 aliphatic carbocycles. The predicted molar refractivity (Wildman–Crippen MR) is 51.6 cm³/mol. The van der Waals surface area contributed by atoms with Crippen molar-refractivity contribution < 1.29 is 5.11 Å². The summed E-state index contributed by atoms with van der Waals surface area (Å²) in [5.74, 6) is 0. The van der Waals surface area contributed by atoms with Gasteiger partial charge in [-0.25, -0.2) is 4.98 Å². The summed E-state index contributed by atoms with van der Waals surface area (Å²) in [6.07, 6.45) is 3.80. The molecule has 0 fully saturated rings. The molecule has 0 saturated carbocycles. The van der Waals surface area contributed by atoms with E-state index in [0.29, 0.717) is 6.54 Å². The zero-order valence-corrected chi connectivity index (χ0v) is 7.57. The lowest BCUT2D eigenvalue weighted by Gasteiger charge is -2.00. The highest BCUT2D eigenvalue weighted by Crippen LogP contribution is 2.13. The molecule has 0 radical (unpaired) electrons. The van der Waals surface area contributed by atoms with Crippen LogP contribution in [-0.2, 0) is 6.54 Å². The smallest absolute Gasteiger partial charge is 0.139 e. The Morgan fingerprint density at radius 2 is 2.38 bits per heavy atom. The molecule has 0 aromatic carbocycles. The molecule has 1 N–H and O–H groups in total. The Kier molecular flexibility index (Phi) is 2.02. The Balaban J connectivity index is 2.55. The first kappa shape index (κ1) is 8.26. The molecular formula is C10H12N2O. The standard InChI is InChI=1S/C10H12N2O/c1-8-6-9-2-3-12(4-5-13)10(9)11-7-8/h2-3,6-7,13H,4-5H2,1H3. The Labute approximate surface area is 76.6 Å². The van der Waals surface area contributed by atoms with E-state index >= 15 is 0 Å². The van der Waals surface area contributed by atoms with Crippen LogP contribution in [0, 0.1) is 6.92 Å². The van der Waals surface area contributed by atoms with Crippen molar-refractivity contribution in [1.29, 1.82) is 0 Å². The average molecular weight is 176 g/mol. The second-order valence-corrected chi connectivity index (χ2v) is 3.16. The number of aliphatic hydroxyl groups is 1. The van der Waals surface area contributed by atoms with Gasteiger partial charge >= 0.3 is 0 Å². The quantitative estimate of drug-likeness (QED) is 0.749. The second kappa shape index (κ2) is 3.18. The summed E-state index contributed by atoms with van der Waals surface area (Å²) in [4.78, 5) is 4.31. The summed E-state index contributed by atoms with van der Waals surface area (Å²) in [6, 6.07) is 4.11. The van der Waals surface area contributed by atoms with Gasteiger partial charge in [0.05, 0.1) is 6.61 Å². The van der Waals surface area contributed by atoms with Gasteiger partial charge < -0.3 is 9.67 Å². The van der Waals surface area contributed by atoms with Crippen LogP contribution in [0.4, 0.5) is 0 Å². The first-order valence-corrected chi connectivity index (χ1v) is 4.33. The van der Waals surface area contributed by atoms with E-state index in [-0.39, 0.29) is 6.61 Å². The highest BCUT2D eigenvalue weighted by atomic mass is 16.3. The minimum absolute atomic E-state index is 0.152. The molecule has 3 heteroatoms. The number of aryl methyl sites for hydroxylation is 1. The number of hydrogen-bond acceptors (Lipinski definition) is 2. The third-order valence-electron chi connectivity index (χ3n) is 2.08. The van der Waals surface area contributed by atoms with Gasteiger partial charge in [-0.1, -0.05) is 0 Å². The van der Waals surface area contributed by atoms with Gasteiger partial charge in [-0.15, -0.1) is 0 Å². The Morgan fingerprint density at radius 1 is 1.54 bits per heavy atom. The summed E-state index contributed by atoms with van der Waals surface area (Å²) >= 11 is 0. The lowest BCUT2D eigenvalue weighted by Crippen LogP contribution is -2.00. The van der Waals surface area contributed by atoms with Crippen molar-refractivity contribution >= 4 is 11.0 Å². The van der Waals surface area contributed by atoms with E-state index in [4.69, 9.17) is 5.11 Å². The number of aromatic nitrogens is 2. The normalized spacial score (nSPS) is 10.9. The fourth-order valence-corrected chi connectivity index (χ4v) is 1.48. The van der Waals surface area contributed by atoms with E-state index in [1.807, 2.05) is 30.0 Å². The van der Waals surface area contributed by atoms with Crippen molar-refractivity contribution in [2.45, 2.75) is 13.5 Å². The minimum Gasteiger partial charge on any atom is -0.395 e. The number of fused-ring (bicyclic) bond motifs is 1. The van der Waals surface area contributed by atoms with Gasteiger partial charge in [0.1, 0.15) is 5.65 Å². The van der Waals surface area contributed by atoms with Crippen LogP contribution in [-0.4, -0.2) is 21.3 Å². The zero-order chi connectivity index (χ0) is 9.26. The van der Waals surface area contributed by atoms with Crippen molar-refractivity contribution in [1.82, 2.24) is 9.55 Å². The number of pyridine rings is 1. The molecule has 0 aliphatic heterocycles. The lowest BCUT2D eigenvalue weighted by molar-refractivity contribution is 0.278. The largest absolute Gasteiger partial charge is 0.395 e. The van der Waals surface area contributed by atoms with E-state index < -0.39 is 0 Å². The molecule has 0 unspecified atom stereocenters. The Bertz CT molecular complexity index is 420. The molecule has 68 valence electrons. The highest BCUT2D eigenvalue weighted by Gasteiger charge is 2.00. The Hall–Kier alpha value is -1.35. The van der Waals surface area contributed by atoms with E-state index in [9.17, 15) is 0 Å². The second-order valence-electron chi connectivity index (χ2n) is 3.16. The Morgan fingerprint density at radius 3 is 3.15 bits per heavy atom. The first-order chi connectivity index (χ1) is 6.31. The predicted octanol–water partition coefficient (Wildman–Crippen LogP) is 1.34. The van der Waals surface area contributed by atoms with Crippen LogP contribution in [0.3, 0.4) is 0 Å². The monoisotopic (exact) mass is 176 g/mol. The number of rotatable bonds is 2. The van der Waals surface area contributed by atoms with Gasteiger partial charge in [0.2, 0.25) is 0 Å². The topological polar surface area (TPSA) is 38.0 Å².